The van der Waals surface area contributed by atoms with Crippen LogP contribution in [0.5, 0.6) is 0 Å². The van der Waals surface area contributed by atoms with E-state index in [9.17, 15) is 0 Å². The average molecular weight is 178 g/mol. The number of benzene rings is 1. The third-order valence-corrected chi connectivity index (χ3v) is 1.74. The van der Waals surface area contributed by atoms with Crippen LogP contribution in [0.3, 0.4) is 0 Å². The maximum Gasteiger partial charge on any atom is 0.150 e. The fraction of sp³-hybridized carbons (Fsp3) is 0.222. The molecule has 0 aliphatic heterocycles. The molecular formula is C9H14N4. The van der Waals surface area contributed by atoms with E-state index in [1.807, 2.05) is 31.3 Å². The smallest absolute Gasteiger partial charge is 0.150 e. The molecule has 0 aliphatic rings. The summed E-state index contributed by atoms with van der Waals surface area (Å²) in [6.45, 7) is 0.811. The molecule has 4 heteroatoms. The maximum absolute atomic E-state index is 5.56. The molecule has 13 heavy (non-hydrogen) atoms. The maximum atomic E-state index is 5.56. The highest BCUT2D eigenvalue weighted by Crippen LogP contribution is 2.04. The Bertz CT molecular complexity index is 306. The van der Waals surface area contributed by atoms with Crippen LogP contribution in [0.4, 0.5) is 0 Å². The average Bonchev–Trinajstić information content (AvgIpc) is 2.18. The SMILES string of the molecule is CNCc1cccc(/C(N)=N/N)c1. The zero-order valence-electron chi connectivity index (χ0n) is 7.62. The number of hydrogen-bond donors (Lipinski definition) is 3. The van der Waals surface area contributed by atoms with Crippen LogP contribution < -0.4 is 16.9 Å². The van der Waals surface area contributed by atoms with Gasteiger partial charge in [0.2, 0.25) is 0 Å². The number of nitrogens with two attached hydrogens (primary N) is 2. The second-order valence-electron chi connectivity index (χ2n) is 2.75. The quantitative estimate of drug-likeness (QED) is 0.263. The number of amidine groups is 1. The Morgan fingerprint density at radius 2 is 2.31 bits per heavy atom. The molecule has 1 aromatic rings. The van der Waals surface area contributed by atoms with E-state index in [1.54, 1.807) is 0 Å². The molecule has 0 heterocycles. The van der Waals surface area contributed by atoms with Gasteiger partial charge in [-0.1, -0.05) is 18.2 Å². The third-order valence-electron chi connectivity index (χ3n) is 1.74. The fourth-order valence-electron chi connectivity index (χ4n) is 1.12. The molecule has 4 nitrogen and oxygen atoms in total. The standard InChI is InChI=1S/C9H14N4/c1-12-6-7-3-2-4-8(5-7)9(10)13-11/h2-5,12H,6,11H2,1H3,(H2,10,13). The Balaban J connectivity index is 2.91. The summed E-state index contributed by atoms with van der Waals surface area (Å²) in [7, 11) is 1.90. The predicted octanol–water partition coefficient (Wildman–Crippen LogP) is -0.0150. The second-order valence-corrected chi connectivity index (χ2v) is 2.75. The molecule has 1 aromatic carbocycles. The first-order valence-electron chi connectivity index (χ1n) is 4.05. The largest absolute Gasteiger partial charge is 0.382 e. The zero-order valence-corrected chi connectivity index (χ0v) is 7.62. The minimum absolute atomic E-state index is 0.359. The summed E-state index contributed by atoms with van der Waals surface area (Å²) in [5, 5.41) is 6.49. The molecule has 0 bridgehead atoms. The van der Waals surface area contributed by atoms with Gasteiger partial charge >= 0.3 is 0 Å². The van der Waals surface area contributed by atoms with Gasteiger partial charge in [0.25, 0.3) is 0 Å². The summed E-state index contributed by atoms with van der Waals surface area (Å²) in [6, 6.07) is 7.79. The van der Waals surface area contributed by atoms with E-state index in [2.05, 4.69) is 10.4 Å². The van der Waals surface area contributed by atoms with Crippen molar-refractivity contribution in [3.05, 3.63) is 35.4 Å². The van der Waals surface area contributed by atoms with E-state index in [-0.39, 0.29) is 0 Å². The number of rotatable bonds is 3. The highest BCUT2D eigenvalue weighted by molar-refractivity contribution is 5.97. The van der Waals surface area contributed by atoms with Crippen LogP contribution in [0.15, 0.2) is 29.4 Å². The Labute approximate surface area is 77.6 Å². The van der Waals surface area contributed by atoms with Gasteiger partial charge in [-0.15, -0.1) is 0 Å². The van der Waals surface area contributed by atoms with Crippen LogP contribution in [0.25, 0.3) is 0 Å². The first-order valence-corrected chi connectivity index (χ1v) is 4.05. The molecule has 5 N–H and O–H groups in total. The zero-order chi connectivity index (χ0) is 9.68. The van der Waals surface area contributed by atoms with Crippen molar-refractivity contribution in [2.24, 2.45) is 16.7 Å². The number of nitrogens with one attached hydrogen (secondary N) is 1. The molecule has 1 rings (SSSR count). The number of hydrogen-bond acceptors (Lipinski definition) is 3. The van der Waals surface area contributed by atoms with Crippen molar-refractivity contribution in [1.29, 1.82) is 0 Å². The molecule has 70 valence electrons. The van der Waals surface area contributed by atoms with Gasteiger partial charge in [-0.2, -0.15) is 5.10 Å². The molecule has 0 saturated carbocycles. The Morgan fingerprint density at radius 3 is 2.92 bits per heavy atom. The number of nitrogens with zero attached hydrogens (tertiary/aromatic N) is 1. The predicted molar refractivity (Wildman–Crippen MR) is 54.1 cm³/mol. The summed E-state index contributed by atoms with van der Waals surface area (Å²) in [5.74, 6) is 5.43. The van der Waals surface area contributed by atoms with Crippen LogP contribution in [0.2, 0.25) is 0 Å². The lowest BCUT2D eigenvalue weighted by atomic mass is 10.1. The Morgan fingerprint density at radius 1 is 1.54 bits per heavy atom. The Kier molecular flexibility index (Phi) is 3.28. The lowest BCUT2D eigenvalue weighted by molar-refractivity contribution is 0.817. The summed E-state index contributed by atoms with van der Waals surface area (Å²) in [6.07, 6.45) is 0. The molecule has 0 amide bonds. The van der Waals surface area contributed by atoms with Crippen LogP contribution in [-0.2, 0) is 6.54 Å². The molecule has 0 spiro atoms. The fourth-order valence-corrected chi connectivity index (χ4v) is 1.12. The number of hydrazone groups is 1. The molecule has 0 radical (unpaired) electrons. The van der Waals surface area contributed by atoms with Crippen molar-refractivity contribution < 1.29 is 0 Å². The lowest BCUT2D eigenvalue weighted by Gasteiger charge is -2.03. The first-order chi connectivity index (χ1) is 6.27. The van der Waals surface area contributed by atoms with Gasteiger partial charge in [0.05, 0.1) is 0 Å². The van der Waals surface area contributed by atoms with Crippen LogP contribution in [-0.4, -0.2) is 12.9 Å². The molecule has 0 aromatic heterocycles. The third kappa shape index (κ3) is 2.45. The van der Waals surface area contributed by atoms with E-state index in [4.69, 9.17) is 11.6 Å². The highest BCUT2D eigenvalue weighted by Gasteiger charge is 1.98. The Hall–Kier alpha value is -1.55. The van der Waals surface area contributed by atoms with Crippen molar-refractivity contribution >= 4 is 5.84 Å². The van der Waals surface area contributed by atoms with Gasteiger partial charge < -0.3 is 16.9 Å². The summed E-state index contributed by atoms with van der Waals surface area (Å²) >= 11 is 0. The van der Waals surface area contributed by atoms with Gasteiger partial charge in [-0.3, -0.25) is 0 Å². The first kappa shape index (κ1) is 9.54. The normalized spacial score (nSPS) is 11.6. The van der Waals surface area contributed by atoms with E-state index in [1.165, 1.54) is 0 Å². The summed E-state index contributed by atoms with van der Waals surface area (Å²) in [4.78, 5) is 0. The molecule has 0 aliphatic carbocycles. The second kappa shape index (κ2) is 4.47. The minimum Gasteiger partial charge on any atom is -0.382 e. The van der Waals surface area contributed by atoms with Gasteiger partial charge in [0.1, 0.15) is 5.84 Å². The van der Waals surface area contributed by atoms with Gasteiger partial charge in [0, 0.05) is 12.1 Å². The molecule has 0 fully saturated rings. The molecule has 0 atom stereocenters. The van der Waals surface area contributed by atoms with Crippen molar-refractivity contribution in [1.82, 2.24) is 5.32 Å². The van der Waals surface area contributed by atoms with E-state index in [0.717, 1.165) is 17.7 Å². The van der Waals surface area contributed by atoms with Gasteiger partial charge in [-0.25, -0.2) is 0 Å². The molecular weight excluding hydrogens is 164 g/mol. The van der Waals surface area contributed by atoms with Crippen LogP contribution in [0.1, 0.15) is 11.1 Å². The minimum atomic E-state index is 0.359. The lowest BCUT2D eigenvalue weighted by Crippen LogP contribution is -2.16. The van der Waals surface area contributed by atoms with Gasteiger partial charge in [-0.05, 0) is 18.7 Å². The summed E-state index contributed by atoms with van der Waals surface area (Å²) < 4.78 is 0. The monoisotopic (exact) mass is 178 g/mol. The van der Waals surface area contributed by atoms with Crippen molar-refractivity contribution in [2.75, 3.05) is 7.05 Å². The van der Waals surface area contributed by atoms with E-state index in [0.29, 0.717) is 5.84 Å². The van der Waals surface area contributed by atoms with Crippen molar-refractivity contribution in [2.45, 2.75) is 6.54 Å². The van der Waals surface area contributed by atoms with E-state index < -0.39 is 0 Å². The molecule has 0 saturated heterocycles. The molecule has 0 unspecified atom stereocenters. The van der Waals surface area contributed by atoms with Crippen LogP contribution in [0, 0.1) is 0 Å². The topological polar surface area (TPSA) is 76.4 Å². The van der Waals surface area contributed by atoms with E-state index >= 15 is 0 Å². The van der Waals surface area contributed by atoms with Crippen molar-refractivity contribution in [3.8, 4) is 0 Å². The summed E-state index contributed by atoms with van der Waals surface area (Å²) in [5.41, 5.74) is 7.58. The highest BCUT2D eigenvalue weighted by atomic mass is 15.1. The van der Waals surface area contributed by atoms with Crippen molar-refractivity contribution in [3.63, 3.8) is 0 Å². The van der Waals surface area contributed by atoms with Crippen LogP contribution >= 0.6 is 0 Å². The van der Waals surface area contributed by atoms with Gasteiger partial charge in [0.15, 0.2) is 0 Å².